The van der Waals surface area contributed by atoms with Gasteiger partial charge in [-0.05, 0) is 43.3 Å². The summed E-state index contributed by atoms with van der Waals surface area (Å²) in [7, 11) is -3.76. The Morgan fingerprint density at radius 3 is 2.20 bits per heavy atom. The normalized spacial score (nSPS) is 11.9. The number of carbonyl (C=O) groups excluding carboxylic acids is 1. The zero-order chi connectivity index (χ0) is 21.9. The van der Waals surface area contributed by atoms with Gasteiger partial charge < -0.3 is 4.42 Å². The number of rotatable bonds is 6. The van der Waals surface area contributed by atoms with Crippen LogP contribution in [0.1, 0.15) is 43.9 Å². The zero-order valence-corrected chi connectivity index (χ0v) is 18.1. The lowest BCUT2D eigenvalue weighted by atomic mass is 9.97. The molecule has 0 bridgehead atoms. The molecule has 0 aliphatic rings. The molecule has 0 atom stereocenters. The largest absolute Gasteiger partial charge is 0.407 e. The van der Waals surface area contributed by atoms with Crippen LogP contribution < -0.4 is 9.62 Å². The number of hydrogen-bond acceptors (Lipinski definition) is 6. The fourth-order valence-electron chi connectivity index (χ4n) is 2.74. The summed E-state index contributed by atoms with van der Waals surface area (Å²) in [6.07, 6.45) is 0. The number of nitrogens with one attached hydrogen (secondary N) is 1. The number of nitrogens with zero attached hydrogens (tertiary/aromatic N) is 3. The third kappa shape index (κ3) is 4.51. The van der Waals surface area contributed by atoms with E-state index in [1.807, 2.05) is 26.8 Å². The van der Waals surface area contributed by atoms with E-state index in [4.69, 9.17) is 4.42 Å². The minimum atomic E-state index is -3.76. The first-order chi connectivity index (χ1) is 14.1. The van der Waals surface area contributed by atoms with E-state index in [0.717, 1.165) is 0 Å². The zero-order valence-electron chi connectivity index (χ0n) is 17.3. The van der Waals surface area contributed by atoms with Gasteiger partial charge in [0.05, 0.1) is 10.6 Å². The molecule has 158 valence electrons. The van der Waals surface area contributed by atoms with Crippen molar-refractivity contribution in [1.29, 1.82) is 0 Å². The first-order valence-electron chi connectivity index (χ1n) is 9.46. The summed E-state index contributed by atoms with van der Waals surface area (Å²) in [5.41, 5.74) is 0.510. The number of aromatic nitrogens is 2. The molecule has 1 heterocycles. The van der Waals surface area contributed by atoms with Crippen LogP contribution in [0, 0.1) is 0 Å². The highest BCUT2D eigenvalue weighted by Crippen LogP contribution is 2.24. The second-order valence-corrected chi connectivity index (χ2v) is 9.51. The van der Waals surface area contributed by atoms with Crippen molar-refractivity contribution in [2.24, 2.45) is 0 Å². The summed E-state index contributed by atoms with van der Waals surface area (Å²) in [5.74, 6) is -0.0710. The molecule has 1 amide bonds. The van der Waals surface area contributed by atoms with Crippen molar-refractivity contribution in [2.75, 3.05) is 16.2 Å². The van der Waals surface area contributed by atoms with Gasteiger partial charge in [-0.3, -0.25) is 14.4 Å². The van der Waals surface area contributed by atoms with Crippen molar-refractivity contribution < 1.29 is 17.6 Å². The molecular weight excluding hydrogens is 404 g/mol. The highest BCUT2D eigenvalue weighted by Gasteiger charge is 2.25. The minimum Gasteiger partial charge on any atom is -0.407 e. The Labute approximate surface area is 176 Å². The molecule has 30 heavy (non-hydrogen) atoms. The molecule has 9 heteroatoms. The Hall–Kier alpha value is -3.20. The summed E-state index contributed by atoms with van der Waals surface area (Å²) in [5, 5.41) is 10.3. The van der Waals surface area contributed by atoms with Gasteiger partial charge in [-0.25, -0.2) is 8.42 Å². The number of sulfonamides is 1. The number of amides is 1. The molecule has 8 nitrogen and oxygen atoms in total. The van der Waals surface area contributed by atoms with E-state index < -0.39 is 15.9 Å². The van der Waals surface area contributed by atoms with Gasteiger partial charge in [0.1, 0.15) is 0 Å². The molecule has 0 spiro atoms. The van der Waals surface area contributed by atoms with Crippen molar-refractivity contribution in [1.82, 2.24) is 10.2 Å². The van der Waals surface area contributed by atoms with Gasteiger partial charge in [-0.15, -0.1) is 5.10 Å². The predicted molar refractivity (Wildman–Crippen MR) is 114 cm³/mol. The van der Waals surface area contributed by atoms with Crippen LogP contribution in [0.5, 0.6) is 0 Å². The first-order valence-corrected chi connectivity index (χ1v) is 10.9. The average molecular weight is 429 g/mol. The lowest BCUT2D eigenvalue weighted by Gasteiger charge is -2.22. The summed E-state index contributed by atoms with van der Waals surface area (Å²) >= 11 is 0. The van der Waals surface area contributed by atoms with Crippen LogP contribution in [-0.4, -0.2) is 31.1 Å². The van der Waals surface area contributed by atoms with Crippen molar-refractivity contribution in [3.05, 3.63) is 66.1 Å². The van der Waals surface area contributed by atoms with Gasteiger partial charge in [0.2, 0.25) is 5.89 Å². The Kier molecular flexibility index (Phi) is 5.93. The SMILES string of the molecule is CCN(c1ccccc1)S(=O)(=O)c1ccc(C(=O)Nc2nnc(C(C)(C)C)o2)cc1. The highest BCUT2D eigenvalue weighted by molar-refractivity contribution is 7.92. The van der Waals surface area contributed by atoms with Crippen LogP contribution in [0.3, 0.4) is 0 Å². The van der Waals surface area contributed by atoms with Gasteiger partial charge in [0.15, 0.2) is 0 Å². The molecule has 0 saturated heterocycles. The Balaban J connectivity index is 1.78. The number of hydrogen-bond donors (Lipinski definition) is 1. The van der Waals surface area contributed by atoms with Crippen molar-refractivity contribution in [3.8, 4) is 0 Å². The van der Waals surface area contributed by atoms with Crippen LogP contribution >= 0.6 is 0 Å². The summed E-state index contributed by atoms with van der Waals surface area (Å²) < 4.78 is 32.8. The average Bonchev–Trinajstić information content (AvgIpc) is 3.18. The molecule has 0 aliphatic heterocycles. The van der Waals surface area contributed by atoms with Crippen LogP contribution in [0.2, 0.25) is 0 Å². The third-order valence-corrected chi connectivity index (χ3v) is 6.24. The smallest absolute Gasteiger partial charge is 0.322 e. The molecule has 0 radical (unpaired) electrons. The number of carbonyl (C=O) groups is 1. The van der Waals surface area contributed by atoms with E-state index in [0.29, 0.717) is 11.6 Å². The second kappa shape index (κ2) is 8.27. The van der Waals surface area contributed by atoms with E-state index >= 15 is 0 Å². The van der Waals surface area contributed by atoms with Crippen LogP contribution in [-0.2, 0) is 15.4 Å². The molecule has 1 aromatic heterocycles. The molecule has 3 aromatic rings. The number of anilines is 2. The summed E-state index contributed by atoms with van der Waals surface area (Å²) in [6.45, 7) is 7.80. The minimum absolute atomic E-state index is 0.0112. The third-order valence-electron chi connectivity index (χ3n) is 4.32. The van der Waals surface area contributed by atoms with Gasteiger partial charge in [-0.1, -0.05) is 44.1 Å². The van der Waals surface area contributed by atoms with Gasteiger partial charge in [0, 0.05) is 17.5 Å². The predicted octanol–water partition coefficient (Wildman–Crippen LogP) is 3.83. The van der Waals surface area contributed by atoms with E-state index in [1.165, 1.54) is 28.6 Å². The lowest BCUT2D eigenvalue weighted by Crippen LogP contribution is -2.30. The first kappa shape index (κ1) is 21.5. The Bertz CT molecular complexity index is 1120. The van der Waals surface area contributed by atoms with E-state index in [9.17, 15) is 13.2 Å². The maximum atomic E-state index is 13.0. The standard InChI is InChI=1S/C21H24N4O4S/c1-5-25(16-9-7-6-8-10-16)30(27,28)17-13-11-15(12-14-17)18(26)22-20-24-23-19(29-20)21(2,3)4/h6-14H,5H2,1-4H3,(H,22,24,26). The second-order valence-electron chi connectivity index (χ2n) is 7.65. The van der Waals surface area contributed by atoms with Crippen LogP contribution in [0.25, 0.3) is 0 Å². The van der Waals surface area contributed by atoms with E-state index in [2.05, 4.69) is 15.5 Å². The van der Waals surface area contributed by atoms with Crippen molar-refractivity contribution in [3.63, 3.8) is 0 Å². The topological polar surface area (TPSA) is 105 Å². The maximum Gasteiger partial charge on any atom is 0.322 e. The quantitative estimate of drug-likeness (QED) is 0.640. The fraction of sp³-hybridized carbons (Fsp3) is 0.286. The van der Waals surface area contributed by atoms with E-state index in [1.54, 1.807) is 31.2 Å². The Morgan fingerprint density at radius 2 is 1.67 bits per heavy atom. The molecule has 0 fully saturated rings. The van der Waals surface area contributed by atoms with Gasteiger partial charge in [0.25, 0.3) is 15.9 Å². The van der Waals surface area contributed by atoms with Crippen molar-refractivity contribution >= 4 is 27.6 Å². The maximum absolute atomic E-state index is 13.0. The molecular formula is C21H24N4O4S. The highest BCUT2D eigenvalue weighted by atomic mass is 32.2. The number of benzene rings is 2. The molecule has 3 rings (SSSR count). The molecule has 1 N–H and O–H groups in total. The fourth-order valence-corrected chi connectivity index (χ4v) is 4.21. The molecule has 2 aromatic carbocycles. The van der Waals surface area contributed by atoms with Gasteiger partial charge in [-0.2, -0.15) is 0 Å². The molecule has 0 aliphatic carbocycles. The van der Waals surface area contributed by atoms with Crippen LogP contribution in [0.15, 0.2) is 63.9 Å². The van der Waals surface area contributed by atoms with Gasteiger partial charge >= 0.3 is 6.01 Å². The van der Waals surface area contributed by atoms with Crippen molar-refractivity contribution in [2.45, 2.75) is 38.0 Å². The number of para-hydroxylation sites is 1. The lowest BCUT2D eigenvalue weighted by molar-refractivity contribution is 0.102. The summed E-state index contributed by atoms with van der Waals surface area (Å²) in [6, 6.07) is 14.6. The molecule has 0 unspecified atom stereocenters. The molecule has 0 saturated carbocycles. The Morgan fingerprint density at radius 1 is 1.03 bits per heavy atom. The summed E-state index contributed by atoms with van der Waals surface area (Å²) in [4.78, 5) is 12.5. The van der Waals surface area contributed by atoms with Crippen LogP contribution in [0.4, 0.5) is 11.7 Å². The monoisotopic (exact) mass is 428 g/mol. The van der Waals surface area contributed by atoms with E-state index in [-0.39, 0.29) is 28.4 Å².